The molecule has 2 aromatic carbocycles. The average molecular weight is 339 g/mol. The van der Waals surface area contributed by atoms with Gasteiger partial charge in [0.15, 0.2) is 11.5 Å². The Labute approximate surface area is 144 Å². The number of ether oxygens (including phenoxy) is 2. The highest BCUT2D eigenvalue weighted by Crippen LogP contribution is 2.37. The van der Waals surface area contributed by atoms with Crippen LogP contribution in [0.5, 0.6) is 17.4 Å². The van der Waals surface area contributed by atoms with Gasteiger partial charge in [-0.1, -0.05) is 42.5 Å². The maximum atomic E-state index is 11.3. The first-order chi connectivity index (χ1) is 12.1. The van der Waals surface area contributed by atoms with Gasteiger partial charge in [-0.05, 0) is 24.6 Å². The summed E-state index contributed by atoms with van der Waals surface area (Å²) in [6.45, 7) is 1.94. The quantitative estimate of drug-likeness (QED) is 0.501. The van der Waals surface area contributed by atoms with Gasteiger partial charge < -0.3 is 9.47 Å². The van der Waals surface area contributed by atoms with Gasteiger partial charge in [-0.3, -0.25) is 10.1 Å². The van der Waals surface area contributed by atoms with Crippen LogP contribution in [0.1, 0.15) is 11.3 Å². The molecule has 0 aliphatic heterocycles. The van der Waals surface area contributed by atoms with Gasteiger partial charge in [-0.15, -0.1) is 0 Å². The minimum atomic E-state index is -0.495. The molecule has 3 rings (SSSR count). The third kappa shape index (κ3) is 3.60. The molecule has 0 bridgehead atoms. The summed E-state index contributed by atoms with van der Waals surface area (Å²) in [4.78, 5) is 10.8. The van der Waals surface area contributed by atoms with E-state index in [0.717, 1.165) is 5.56 Å². The molecule has 0 fully saturated rings. The van der Waals surface area contributed by atoms with Crippen LogP contribution in [0.15, 0.2) is 54.6 Å². The molecule has 1 heterocycles. The molecule has 0 saturated carbocycles. The molecule has 1 aromatic heterocycles. The molecule has 0 atom stereocenters. The van der Waals surface area contributed by atoms with E-state index in [1.54, 1.807) is 32.2 Å². The second kappa shape index (κ2) is 7.04. The molecule has 25 heavy (non-hydrogen) atoms. The second-order valence-corrected chi connectivity index (χ2v) is 5.44. The molecule has 3 aromatic rings. The lowest BCUT2D eigenvalue weighted by Gasteiger charge is -2.12. The van der Waals surface area contributed by atoms with Crippen LogP contribution in [-0.2, 0) is 13.7 Å². The Balaban J connectivity index is 1.86. The molecular weight excluding hydrogens is 322 g/mol. The fraction of sp³-hybridized carbons (Fsp3) is 0.167. The first-order valence-electron chi connectivity index (χ1n) is 7.68. The van der Waals surface area contributed by atoms with Gasteiger partial charge in [-0.2, -0.15) is 5.10 Å². The van der Waals surface area contributed by atoms with Crippen molar-refractivity contribution in [2.24, 2.45) is 7.05 Å². The van der Waals surface area contributed by atoms with Crippen LogP contribution < -0.4 is 9.47 Å². The molecule has 0 N–H and O–H groups in total. The maximum Gasteiger partial charge on any atom is 0.353 e. The van der Waals surface area contributed by atoms with Crippen molar-refractivity contribution in [1.82, 2.24) is 9.78 Å². The van der Waals surface area contributed by atoms with Crippen LogP contribution in [0, 0.1) is 17.0 Å². The van der Waals surface area contributed by atoms with Crippen molar-refractivity contribution in [2.45, 2.75) is 13.5 Å². The zero-order chi connectivity index (χ0) is 17.8. The summed E-state index contributed by atoms with van der Waals surface area (Å²) < 4.78 is 12.9. The molecule has 0 unspecified atom stereocenters. The molecule has 0 radical (unpaired) electrons. The van der Waals surface area contributed by atoms with Gasteiger partial charge in [0, 0.05) is 7.05 Å². The van der Waals surface area contributed by atoms with Gasteiger partial charge in [-0.25, -0.2) is 4.68 Å². The highest BCUT2D eigenvalue weighted by Gasteiger charge is 2.26. The molecule has 0 spiro atoms. The fourth-order valence-electron chi connectivity index (χ4n) is 2.44. The van der Waals surface area contributed by atoms with Crippen LogP contribution in [-0.4, -0.2) is 14.7 Å². The second-order valence-electron chi connectivity index (χ2n) is 5.44. The van der Waals surface area contributed by atoms with Crippen LogP contribution in [0.2, 0.25) is 0 Å². The van der Waals surface area contributed by atoms with Crippen molar-refractivity contribution in [2.75, 3.05) is 0 Å². The van der Waals surface area contributed by atoms with Crippen LogP contribution in [0.4, 0.5) is 5.69 Å². The predicted molar refractivity (Wildman–Crippen MR) is 91.9 cm³/mol. The molecule has 128 valence electrons. The summed E-state index contributed by atoms with van der Waals surface area (Å²) in [5.74, 6) is 0.960. The number of aryl methyl sites for hydroxylation is 2. The summed E-state index contributed by atoms with van der Waals surface area (Å²) in [6, 6.07) is 16.8. The van der Waals surface area contributed by atoms with E-state index in [9.17, 15) is 10.1 Å². The van der Waals surface area contributed by atoms with Crippen molar-refractivity contribution in [3.63, 3.8) is 0 Å². The number of hydrogen-bond acceptors (Lipinski definition) is 5. The van der Waals surface area contributed by atoms with E-state index in [4.69, 9.17) is 9.47 Å². The number of nitrogens with zero attached hydrogens (tertiary/aromatic N) is 3. The molecule has 7 nitrogen and oxygen atoms in total. The predicted octanol–water partition coefficient (Wildman–Crippen LogP) is 4.01. The normalized spacial score (nSPS) is 10.5. The van der Waals surface area contributed by atoms with E-state index < -0.39 is 4.92 Å². The van der Waals surface area contributed by atoms with Gasteiger partial charge in [0.2, 0.25) is 0 Å². The molecular formula is C18H17N3O4. The zero-order valence-corrected chi connectivity index (χ0v) is 13.9. The van der Waals surface area contributed by atoms with Crippen molar-refractivity contribution in [3.05, 3.63) is 76.0 Å². The van der Waals surface area contributed by atoms with Crippen molar-refractivity contribution >= 4 is 5.69 Å². The number of nitro groups is 1. The van der Waals surface area contributed by atoms with E-state index in [-0.39, 0.29) is 11.6 Å². The Hall–Kier alpha value is -3.35. The number of rotatable bonds is 6. The van der Waals surface area contributed by atoms with Crippen LogP contribution >= 0.6 is 0 Å². The topological polar surface area (TPSA) is 79.4 Å². The first-order valence-corrected chi connectivity index (χ1v) is 7.68. The Morgan fingerprint density at radius 1 is 1.08 bits per heavy atom. The van der Waals surface area contributed by atoms with Crippen molar-refractivity contribution in [3.8, 4) is 17.4 Å². The van der Waals surface area contributed by atoms with Gasteiger partial charge in [0.05, 0.1) is 4.92 Å². The molecule has 0 aliphatic carbocycles. The smallest absolute Gasteiger partial charge is 0.353 e. The average Bonchev–Trinajstić information content (AvgIpc) is 2.88. The van der Waals surface area contributed by atoms with Gasteiger partial charge >= 0.3 is 5.69 Å². The highest BCUT2D eigenvalue weighted by molar-refractivity contribution is 5.50. The fourth-order valence-corrected chi connectivity index (χ4v) is 2.44. The van der Waals surface area contributed by atoms with E-state index in [2.05, 4.69) is 5.10 Å². The lowest BCUT2D eigenvalue weighted by molar-refractivity contribution is -0.386. The molecule has 0 saturated heterocycles. The molecule has 0 aliphatic rings. The third-order valence-corrected chi connectivity index (χ3v) is 3.61. The first kappa shape index (κ1) is 16.5. The van der Waals surface area contributed by atoms with Gasteiger partial charge in [0.25, 0.3) is 5.88 Å². The Morgan fingerprint density at radius 3 is 2.40 bits per heavy atom. The summed E-state index contributed by atoms with van der Waals surface area (Å²) in [5, 5.41) is 15.3. The Kier molecular flexibility index (Phi) is 4.65. The number of para-hydroxylation sites is 2. The van der Waals surface area contributed by atoms with E-state index >= 15 is 0 Å². The lowest BCUT2D eigenvalue weighted by atomic mass is 10.2. The Morgan fingerprint density at radius 2 is 1.72 bits per heavy atom. The highest BCUT2D eigenvalue weighted by atomic mass is 16.6. The van der Waals surface area contributed by atoms with E-state index in [1.165, 1.54) is 4.68 Å². The molecule has 0 amide bonds. The van der Waals surface area contributed by atoms with Gasteiger partial charge in [0.1, 0.15) is 12.3 Å². The number of hydrogen-bond donors (Lipinski definition) is 0. The maximum absolute atomic E-state index is 11.3. The van der Waals surface area contributed by atoms with E-state index in [0.29, 0.717) is 23.8 Å². The minimum Gasteiger partial charge on any atom is -0.485 e. The van der Waals surface area contributed by atoms with Crippen molar-refractivity contribution in [1.29, 1.82) is 0 Å². The summed E-state index contributed by atoms with van der Waals surface area (Å²) >= 11 is 0. The summed E-state index contributed by atoms with van der Waals surface area (Å²) in [5.41, 5.74) is 1.16. The van der Waals surface area contributed by atoms with Crippen LogP contribution in [0.25, 0.3) is 0 Å². The lowest BCUT2D eigenvalue weighted by Crippen LogP contribution is -2.00. The van der Waals surface area contributed by atoms with Crippen LogP contribution in [0.3, 0.4) is 0 Å². The third-order valence-electron chi connectivity index (χ3n) is 3.61. The van der Waals surface area contributed by atoms with Crippen molar-refractivity contribution < 1.29 is 14.4 Å². The zero-order valence-electron chi connectivity index (χ0n) is 13.9. The summed E-state index contributed by atoms with van der Waals surface area (Å²) in [6.07, 6.45) is 0. The minimum absolute atomic E-state index is 0.0678. The SMILES string of the molecule is Cc1nn(C)c(Oc2ccccc2OCc2ccccc2)c1[N+](=O)[O-]. The standard InChI is InChI=1S/C18H17N3O4/c1-13-17(21(22)23)18(20(2)19-13)25-16-11-7-6-10-15(16)24-12-14-8-4-3-5-9-14/h3-11H,12H2,1-2H3. The Bertz CT molecular complexity index is 891. The largest absolute Gasteiger partial charge is 0.485 e. The summed E-state index contributed by atoms with van der Waals surface area (Å²) in [7, 11) is 1.60. The number of aromatic nitrogens is 2. The van der Waals surface area contributed by atoms with E-state index in [1.807, 2.05) is 36.4 Å². The molecule has 7 heteroatoms. The number of benzene rings is 2. The monoisotopic (exact) mass is 339 g/mol.